The van der Waals surface area contributed by atoms with E-state index in [0.29, 0.717) is 16.9 Å². The van der Waals surface area contributed by atoms with Crippen molar-refractivity contribution in [3.8, 4) is 11.5 Å². The molecule has 1 atom stereocenters. The molecule has 0 spiro atoms. The van der Waals surface area contributed by atoms with E-state index in [4.69, 9.17) is 9.84 Å². The van der Waals surface area contributed by atoms with Crippen LogP contribution in [0.3, 0.4) is 0 Å². The number of benzene rings is 3. The van der Waals surface area contributed by atoms with Crippen molar-refractivity contribution in [2.24, 2.45) is 0 Å². The maximum Gasteiger partial charge on any atom is 0.339 e. The Bertz CT molecular complexity index is 1340. The number of carbonyl (C=O) groups is 1. The summed E-state index contributed by atoms with van der Waals surface area (Å²) in [6.07, 6.45) is 4.28. The highest BCUT2D eigenvalue weighted by Gasteiger charge is 2.40. The number of carboxylic acid groups (broad SMARTS) is 1. The first-order valence-electron chi connectivity index (χ1n) is 12.4. The van der Waals surface area contributed by atoms with Gasteiger partial charge in [-0.3, -0.25) is 0 Å². The topological polar surface area (TPSA) is 87.0 Å². The maximum atomic E-state index is 13.4. The Morgan fingerprint density at radius 3 is 2.35 bits per heavy atom. The highest BCUT2D eigenvalue weighted by Crippen LogP contribution is 2.50. The van der Waals surface area contributed by atoms with Crippen LogP contribution < -0.4 is 4.74 Å². The molecule has 0 bridgehead atoms. The molecule has 3 aromatic rings. The third-order valence-corrected chi connectivity index (χ3v) is 7.28. The van der Waals surface area contributed by atoms with Crippen LogP contribution in [-0.2, 0) is 17.4 Å². The van der Waals surface area contributed by atoms with Gasteiger partial charge in [-0.05, 0) is 76.3 Å². The number of phenols is 1. The molecule has 0 saturated carbocycles. The summed E-state index contributed by atoms with van der Waals surface area (Å²) < 4.78 is 19.7. The normalized spacial score (nSPS) is 16.8. The van der Waals surface area contributed by atoms with E-state index in [1.165, 1.54) is 24.3 Å². The first-order chi connectivity index (χ1) is 17.4. The highest BCUT2D eigenvalue weighted by molar-refractivity contribution is 5.91. The van der Waals surface area contributed by atoms with Gasteiger partial charge in [0.1, 0.15) is 29.5 Å². The van der Waals surface area contributed by atoms with Gasteiger partial charge in [0, 0.05) is 5.56 Å². The third-order valence-electron chi connectivity index (χ3n) is 7.28. The number of carboxylic acids is 1. The molecule has 0 aliphatic heterocycles. The number of hydrogen-bond acceptors (Lipinski definition) is 4. The third kappa shape index (κ3) is 5.70. The van der Waals surface area contributed by atoms with Gasteiger partial charge in [-0.1, -0.05) is 64.1 Å². The van der Waals surface area contributed by atoms with E-state index in [-0.39, 0.29) is 34.6 Å². The average Bonchev–Trinajstić information content (AvgIpc) is 2.84. The lowest BCUT2D eigenvalue weighted by Gasteiger charge is -2.43. The van der Waals surface area contributed by atoms with Crippen molar-refractivity contribution in [1.82, 2.24) is 0 Å². The van der Waals surface area contributed by atoms with Crippen LogP contribution in [0.5, 0.6) is 11.5 Å². The van der Waals surface area contributed by atoms with Crippen molar-refractivity contribution in [3.05, 3.63) is 99.9 Å². The number of fused-ring (bicyclic) bond motifs is 1. The van der Waals surface area contributed by atoms with Crippen molar-refractivity contribution in [1.29, 1.82) is 0 Å². The Kier molecular flexibility index (Phi) is 7.16. The SMILES string of the molecule is CC1(C)CCC(C)(C)c2c(OCc3ccc(F)cc3)cc(C(O)/C=C/c3ccc(C(=O)O)c(O)c3)cc21. The van der Waals surface area contributed by atoms with Crippen molar-refractivity contribution >= 4 is 12.0 Å². The predicted octanol–water partition coefficient (Wildman–Crippen LogP) is 6.90. The van der Waals surface area contributed by atoms with Crippen LogP contribution in [0.25, 0.3) is 6.08 Å². The molecule has 0 aromatic heterocycles. The van der Waals surface area contributed by atoms with Gasteiger partial charge in [-0.25, -0.2) is 9.18 Å². The number of halogens is 1. The molecule has 0 radical (unpaired) electrons. The summed E-state index contributed by atoms with van der Waals surface area (Å²) in [5.41, 5.74) is 3.92. The standard InChI is InChI=1S/C31H33FO5/c1-30(2)13-14-31(3,4)28-24(30)16-21(17-27(28)37-18-20-5-9-22(32)10-6-20)25(33)12-8-19-7-11-23(29(35)36)26(34)15-19/h5-12,15-17,25,33-34H,13-14,18H2,1-4H3,(H,35,36)/b12-8+. The minimum Gasteiger partial charge on any atom is -0.507 e. The van der Waals surface area contributed by atoms with E-state index in [9.17, 15) is 19.4 Å². The Morgan fingerprint density at radius 1 is 1.03 bits per heavy atom. The van der Waals surface area contributed by atoms with Gasteiger partial charge in [0.2, 0.25) is 0 Å². The lowest BCUT2D eigenvalue weighted by atomic mass is 9.62. The van der Waals surface area contributed by atoms with Gasteiger partial charge < -0.3 is 20.1 Å². The van der Waals surface area contributed by atoms with Gasteiger partial charge in [0.05, 0.1) is 6.10 Å². The van der Waals surface area contributed by atoms with Gasteiger partial charge in [-0.15, -0.1) is 0 Å². The Balaban J connectivity index is 1.70. The van der Waals surface area contributed by atoms with Crippen LogP contribution in [0.15, 0.2) is 60.7 Å². The summed E-state index contributed by atoms with van der Waals surface area (Å²) in [6, 6.07) is 14.4. The van der Waals surface area contributed by atoms with Crippen LogP contribution in [0.4, 0.5) is 4.39 Å². The number of aromatic carboxylic acids is 1. The fourth-order valence-electron chi connectivity index (χ4n) is 4.93. The quantitative estimate of drug-likeness (QED) is 0.326. The van der Waals surface area contributed by atoms with Crippen molar-refractivity contribution < 1.29 is 29.2 Å². The molecule has 0 fully saturated rings. The monoisotopic (exact) mass is 504 g/mol. The predicted molar refractivity (Wildman–Crippen MR) is 142 cm³/mol. The lowest BCUT2D eigenvalue weighted by Crippen LogP contribution is -2.34. The number of rotatable bonds is 7. The molecule has 5 nitrogen and oxygen atoms in total. The van der Waals surface area contributed by atoms with E-state index in [1.807, 2.05) is 12.1 Å². The Morgan fingerprint density at radius 2 is 1.70 bits per heavy atom. The van der Waals surface area contributed by atoms with Crippen LogP contribution in [0, 0.1) is 5.82 Å². The summed E-state index contributed by atoms with van der Waals surface area (Å²) in [6.45, 7) is 9.07. The summed E-state index contributed by atoms with van der Waals surface area (Å²) in [5.74, 6) is -1.14. The van der Waals surface area contributed by atoms with Gasteiger partial charge in [-0.2, -0.15) is 0 Å². The van der Waals surface area contributed by atoms with E-state index >= 15 is 0 Å². The molecule has 37 heavy (non-hydrogen) atoms. The van der Waals surface area contributed by atoms with Crippen molar-refractivity contribution in [2.75, 3.05) is 0 Å². The minimum absolute atomic E-state index is 0.114. The van der Waals surface area contributed by atoms with Gasteiger partial charge in [0.15, 0.2) is 0 Å². The fourth-order valence-corrected chi connectivity index (χ4v) is 4.93. The molecule has 1 unspecified atom stereocenters. The maximum absolute atomic E-state index is 13.4. The summed E-state index contributed by atoms with van der Waals surface area (Å²) in [7, 11) is 0. The van der Waals surface area contributed by atoms with Crippen LogP contribution in [-0.4, -0.2) is 21.3 Å². The number of hydrogen-bond donors (Lipinski definition) is 3. The molecule has 0 amide bonds. The smallest absolute Gasteiger partial charge is 0.339 e. The summed E-state index contributed by atoms with van der Waals surface area (Å²) in [4.78, 5) is 11.1. The molecule has 1 aliphatic rings. The molecule has 3 N–H and O–H groups in total. The summed E-state index contributed by atoms with van der Waals surface area (Å²) >= 11 is 0. The molecule has 0 saturated heterocycles. The van der Waals surface area contributed by atoms with Gasteiger partial charge >= 0.3 is 5.97 Å². The summed E-state index contributed by atoms with van der Waals surface area (Å²) in [5, 5.41) is 30.2. The molecular weight excluding hydrogens is 471 g/mol. The zero-order valence-corrected chi connectivity index (χ0v) is 21.6. The highest BCUT2D eigenvalue weighted by atomic mass is 19.1. The first kappa shape index (κ1) is 26.4. The van der Waals surface area contributed by atoms with Crippen LogP contribution >= 0.6 is 0 Å². The Labute approximate surface area is 216 Å². The van der Waals surface area contributed by atoms with Crippen LogP contribution in [0.1, 0.15) is 84.8 Å². The second-order valence-corrected chi connectivity index (χ2v) is 11.0. The molecule has 1 aliphatic carbocycles. The van der Waals surface area contributed by atoms with E-state index in [0.717, 1.165) is 29.5 Å². The average molecular weight is 505 g/mol. The lowest BCUT2D eigenvalue weighted by molar-refractivity contribution is 0.0693. The minimum atomic E-state index is -1.21. The van der Waals surface area contributed by atoms with E-state index in [1.54, 1.807) is 30.4 Å². The second-order valence-electron chi connectivity index (χ2n) is 11.0. The zero-order valence-electron chi connectivity index (χ0n) is 21.6. The Hall–Kier alpha value is -3.64. The zero-order chi connectivity index (χ0) is 27.0. The number of aliphatic hydroxyl groups excluding tert-OH is 1. The number of ether oxygens (including phenoxy) is 1. The molecule has 194 valence electrons. The second kappa shape index (κ2) is 10.0. The molecule has 3 aromatic carbocycles. The molecule has 6 heteroatoms. The molecular formula is C31H33FO5. The van der Waals surface area contributed by atoms with Crippen LogP contribution in [0.2, 0.25) is 0 Å². The fraction of sp³-hybridized carbons (Fsp3) is 0.323. The first-order valence-corrected chi connectivity index (χ1v) is 12.4. The molecule has 4 rings (SSSR count). The van der Waals surface area contributed by atoms with E-state index in [2.05, 4.69) is 27.7 Å². The number of aromatic hydroxyl groups is 1. The van der Waals surface area contributed by atoms with Crippen molar-refractivity contribution in [2.45, 2.75) is 64.1 Å². The van der Waals surface area contributed by atoms with E-state index < -0.39 is 12.1 Å². The number of aliphatic hydroxyl groups is 1. The van der Waals surface area contributed by atoms with Gasteiger partial charge in [0.25, 0.3) is 0 Å². The van der Waals surface area contributed by atoms with Crippen molar-refractivity contribution in [3.63, 3.8) is 0 Å². The largest absolute Gasteiger partial charge is 0.507 e. The molecule has 0 heterocycles.